The fraction of sp³-hybridized carbons (Fsp3) is 0.160. The Morgan fingerprint density at radius 2 is 1.63 bits per heavy atom. The molecule has 3 aromatic carbocycles. The Labute approximate surface area is 161 Å². The molecule has 0 N–H and O–H groups in total. The zero-order chi connectivity index (χ0) is 19.1. The lowest BCUT2D eigenvalue weighted by Gasteiger charge is -2.08. The van der Waals surface area contributed by atoms with Crippen LogP contribution in [0.4, 0.5) is 0 Å². The third-order valence-electron chi connectivity index (χ3n) is 4.64. The molecule has 0 aliphatic carbocycles. The van der Waals surface area contributed by atoms with Gasteiger partial charge in [0.1, 0.15) is 11.5 Å². The van der Waals surface area contributed by atoms with Crippen molar-refractivity contribution in [3.8, 4) is 11.5 Å². The van der Waals surface area contributed by atoms with Crippen molar-refractivity contribution >= 4 is 11.9 Å². The molecule has 0 amide bonds. The monoisotopic (exact) mass is 356 g/mol. The first-order chi connectivity index (χ1) is 13.2. The molecule has 0 fully saturated rings. The fourth-order valence-corrected chi connectivity index (χ4v) is 2.79. The first-order valence-electron chi connectivity index (χ1n) is 9.31. The van der Waals surface area contributed by atoms with Crippen LogP contribution in [-0.4, -0.2) is 5.78 Å². The van der Waals surface area contributed by atoms with E-state index in [0.717, 1.165) is 23.5 Å². The number of ketones is 1. The number of carbonyl (C=O) groups is 1. The molecule has 0 aliphatic heterocycles. The summed E-state index contributed by atoms with van der Waals surface area (Å²) >= 11 is 0. The van der Waals surface area contributed by atoms with Crippen molar-refractivity contribution in [2.75, 3.05) is 0 Å². The van der Waals surface area contributed by atoms with Gasteiger partial charge in [0.15, 0.2) is 5.78 Å². The molecule has 2 heteroatoms. The first kappa shape index (κ1) is 18.7. The minimum absolute atomic E-state index is 0.0000762. The summed E-state index contributed by atoms with van der Waals surface area (Å²) in [5.41, 5.74) is 2.90. The van der Waals surface area contributed by atoms with E-state index in [4.69, 9.17) is 4.74 Å². The highest BCUT2D eigenvalue weighted by Crippen LogP contribution is 2.23. The molecular formula is C25H24O2. The quantitative estimate of drug-likeness (QED) is 0.340. The van der Waals surface area contributed by atoms with Crippen LogP contribution in [0.2, 0.25) is 0 Å². The lowest BCUT2D eigenvalue weighted by atomic mass is 9.97. The fourth-order valence-electron chi connectivity index (χ4n) is 2.79. The van der Waals surface area contributed by atoms with Crippen LogP contribution in [0.1, 0.15) is 47.7 Å². The SMILES string of the molecule is CCC(C)c1ccc(C(=O)C=Cc2cccc(Oc3ccccc3)c2)cc1. The predicted octanol–water partition coefficient (Wildman–Crippen LogP) is 6.89. The van der Waals surface area contributed by atoms with Gasteiger partial charge in [0, 0.05) is 5.56 Å². The van der Waals surface area contributed by atoms with Crippen LogP contribution in [0, 0.1) is 0 Å². The molecule has 27 heavy (non-hydrogen) atoms. The van der Waals surface area contributed by atoms with Crippen molar-refractivity contribution in [3.05, 3.63) is 102 Å². The van der Waals surface area contributed by atoms with Crippen molar-refractivity contribution in [2.45, 2.75) is 26.2 Å². The molecule has 0 bridgehead atoms. The lowest BCUT2D eigenvalue weighted by molar-refractivity contribution is 0.104. The summed E-state index contributed by atoms with van der Waals surface area (Å²) in [5, 5.41) is 0. The number of para-hydroxylation sites is 1. The minimum atomic E-state index is 0.0000762. The first-order valence-corrected chi connectivity index (χ1v) is 9.31. The van der Waals surface area contributed by atoms with Crippen molar-refractivity contribution in [2.24, 2.45) is 0 Å². The average molecular weight is 356 g/mol. The molecule has 1 unspecified atom stereocenters. The number of hydrogen-bond acceptors (Lipinski definition) is 2. The number of benzene rings is 3. The number of hydrogen-bond donors (Lipinski definition) is 0. The predicted molar refractivity (Wildman–Crippen MR) is 111 cm³/mol. The van der Waals surface area contributed by atoms with Gasteiger partial charge in [0.2, 0.25) is 0 Å². The number of ether oxygens (including phenoxy) is 1. The summed E-state index contributed by atoms with van der Waals surface area (Å²) in [6.07, 6.45) is 4.53. The summed E-state index contributed by atoms with van der Waals surface area (Å²) in [6, 6.07) is 25.2. The van der Waals surface area contributed by atoms with E-state index >= 15 is 0 Å². The normalized spacial score (nSPS) is 12.1. The Balaban J connectivity index is 1.68. The third kappa shape index (κ3) is 5.18. The van der Waals surface area contributed by atoms with Gasteiger partial charge in [-0.3, -0.25) is 4.79 Å². The Kier molecular flexibility index (Phi) is 6.22. The molecule has 2 nitrogen and oxygen atoms in total. The number of rotatable bonds is 7. The lowest BCUT2D eigenvalue weighted by Crippen LogP contribution is -1.96. The second-order valence-corrected chi connectivity index (χ2v) is 6.62. The highest BCUT2D eigenvalue weighted by molar-refractivity contribution is 6.06. The second-order valence-electron chi connectivity index (χ2n) is 6.62. The largest absolute Gasteiger partial charge is 0.457 e. The van der Waals surface area contributed by atoms with Gasteiger partial charge in [-0.2, -0.15) is 0 Å². The van der Waals surface area contributed by atoms with Gasteiger partial charge >= 0.3 is 0 Å². The van der Waals surface area contributed by atoms with Gasteiger partial charge in [-0.25, -0.2) is 0 Å². The summed E-state index contributed by atoms with van der Waals surface area (Å²) in [6.45, 7) is 4.36. The van der Waals surface area contributed by atoms with Crippen LogP contribution in [0.3, 0.4) is 0 Å². The van der Waals surface area contributed by atoms with Crippen LogP contribution in [0.15, 0.2) is 84.9 Å². The zero-order valence-electron chi connectivity index (χ0n) is 15.8. The Hall–Kier alpha value is -3.13. The molecule has 0 radical (unpaired) electrons. The van der Waals surface area contributed by atoms with E-state index in [1.807, 2.05) is 84.9 Å². The molecular weight excluding hydrogens is 332 g/mol. The van der Waals surface area contributed by atoms with Crippen LogP contribution in [-0.2, 0) is 0 Å². The molecule has 0 saturated heterocycles. The number of carbonyl (C=O) groups excluding carboxylic acids is 1. The van der Waals surface area contributed by atoms with Crippen LogP contribution in [0.25, 0.3) is 6.08 Å². The van der Waals surface area contributed by atoms with E-state index in [2.05, 4.69) is 13.8 Å². The van der Waals surface area contributed by atoms with Gasteiger partial charge in [0.05, 0.1) is 0 Å². The maximum atomic E-state index is 12.4. The third-order valence-corrected chi connectivity index (χ3v) is 4.64. The van der Waals surface area contributed by atoms with Gasteiger partial charge in [-0.1, -0.05) is 74.5 Å². The van der Waals surface area contributed by atoms with E-state index in [-0.39, 0.29) is 5.78 Å². The standard InChI is InChI=1S/C25H24O2/c1-3-19(2)21-13-15-22(16-14-21)25(26)17-12-20-8-7-11-24(18-20)27-23-9-5-4-6-10-23/h4-19H,3H2,1-2H3. The number of allylic oxidation sites excluding steroid dienone is 1. The molecule has 0 spiro atoms. The Morgan fingerprint density at radius 1 is 0.926 bits per heavy atom. The van der Waals surface area contributed by atoms with Crippen molar-refractivity contribution < 1.29 is 9.53 Å². The second kappa shape index (κ2) is 9.00. The highest BCUT2D eigenvalue weighted by atomic mass is 16.5. The van der Waals surface area contributed by atoms with E-state index < -0.39 is 0 Å². The van der Waals surface area contributed by atoms with Gasteiger partial charge in [-0.15, -0.1) is 0 Å². The molecule has 0 aromatic heterocycles. The molecule has 1 atom stereocenters. The smallest absolute Gasteiger partial charge is 0.185 e. The topological polar surface area (TPSA) is 26.3 Å². The summed E-state index contributed by atoms with van der Waals surface area (Å²) in [5.74, 6) is 2.04. The van der Waals surface area contributed by atoms with Crippen LogP contribution in [0.5, 0.6) is 11.5 Å². The maximum Gasteiger partial charge on any atom is 0.185 e. The van der Waals surface area contributed by atoms with Crippen molar-refractivity contribution in [3.63, 3.8) is 0 Å². The average Bonchev–Trinajstić information content (AvgIpc) is 2.72. The molecule has 0 aliphatic rings. The van der Waals surface area contributed by atoms with E-state index in [9.17, 15) is 4.79 Å². The summed E-state index contributed by atoms with van der Waals surface area (Å²) in [4.78, 5) is 12.4. The summed E-state index contributed by atoms with van der Waals surface area (Å²) < 4.78 is 5.84. The Morgan fingerprint density at radius 3 is 2.33 bits per heavy atom. The van der Waals surface area contributed by atoms with Crippen molar-refractivity contribution in [1.82, 2.24) is 0 Å². The molecule has 3 rings (SSSR count). The maximum absolute atomic E-state index is 12.4. The molecule has 3 aromatic rings. The molecule has 0 heterocycles. The molecule has 136 valence electrons. The van der Waals surface area contributed by atoms with Gasteiger partial charge in [0.25, 0.3) is 0 Å². The van der Waals surface area contributed by atoms with Gasteiger partial charge < -0.3 is 4.74 Å². The molecule has 0 saturated carbocycles. The minimum Gasteiger partial charge on any atom is -0.457 e. The van der Waals surface area contributed by atoms with Crippen LogP contribution >= 0.6 is 0 Å². The van der Waals surface area contributed by atoms with Gasteiger partial charge in [-0.05, 0) is 53.8 Å². The summed E-state index contributed by atoms with van der Waals surface area (Å²) in [7, 11) is 0. The highest BCUT2D eigenvalue weighted by Gasteiger charge is 2.05. The Bertz CT molecular complexity index is 909. The zero-order valence-corrected chi connectivity index (χ0v) is 15.8. The van der Waals surface area contributed by atoms with E-state index in [1.165, 1.54) is 5.56 Å². The van der Waals surface area contributed by atoms with E-state index in [0.29, 0.717) is 11.5 Å². The van der Waals surface area contributed by atoms with Crippen LogP contribution < -0.4 is 4.74 Å². The van der Waals surface area contributed by atoms with E-state index in [1.54, 1.807) is 6.08 Å². The van der Waals surface area contributed by atoms with Crippen molar-refractivity contribution in [1.29, 1.82) is 0 Å².